The molecule has 0 radical (unpaired) electrons. The summed E-state index contributed by atoms with van der Waals surface area (Å²) in [5.41, 5.74) is 0.938. The van der Waals surface area contributed by atoms with Gasteiger partial charge in [0.05, 0.1) is 16.3 Å². The van der Waals surface area contributed by atoms with Crippen molar-refractivity contribution in [1.82, 2.24) is 10.3 Å². The van der Waals surface area contributed by atoms with Crippen molar-refractivity contribution in [1.29, 1.82) is 0 Å². The van der Waals surface area contributed by atoms with Crippen LogP contribution in [0.3, 0.4) is 0 Å². The molecule has 118 valence electrons. The molecule has 1 fully saturated rings. The van der Waals surface area contributed by atoms with E-state index in [1.165, 1.54) is 0 Å². The molecule has 23 heavy (non-hydrogen) atoms. The van der Waals surface area contributed by atoms with Crippen LogP contribution in [0, 0.1) is 0 Å². The molecule has 1 unspecified atom stereocenters. The number of amides is 1. The second-order valence-corrected chi connectivity index (χ2v) is 6.53. The van der Waals surface area contributed by atoms with Crippen molar-refractivity contribution in [2.45, 2.75) is 18.9 Å². The lowest BCUT2D eigenvalue weighted by molar-refractivity contribution is 0.0836. The van der Waals surface area contributed by atoms with Crippen LogP contribution in [0.5, 0.6) is 0 Å². The Labute approximate surface area is 137 Å². The van der Waals surface area contributed by atoms with E-state index < -0.39 is 0 Å². The standard InChI is InChI=1S/C17H16N2O3S/c20-16(18-10-11-4-3-9-21-11)13-7-8-14(22-13)17-19-12-5-1-2-6-15(12)23-17/h1-2,5-8,11H,3-4,9-10H2,(H,18,20). The highest BCUT2D eigenvalue weighted by Gasteiger charge is 2.19. The Hall–Kier alpha value is -2.18. The first-order valence-corrected chi connectivity index (χ1v) is 8.47. The Bertz CT molecular complexity index is 800. The molecule has 1 aromatic carbocycles. The number of furan rings is 1. The molecule has 6 heteroatoms. The fourth-order valence-electron chi connectivity index (χ4n) is 2.65. The topological polar surface area (TPSA) is 64.4 Å². The van der Waals surface area contributed by atoms with Gasteiger partial charge in [-0.3, -0.25) is 4.79 Å². The molecule has 1 atom stereocenters. The SMILES string of the molecule is O=C(NCC1CCCO1)c1ccc(-c2nc3ccccc3s2)o1. The van der Waals surface area contributed by atoms with Gasteiger partial charge >= 0.3 is 0 Å². The van der Waals surface area contributed by atoms with E-state index in [9.17, 15) is 4.79 Å². The van der Waals surface area contributed by atoms with Crippen molar-refractivity contribution < 1.29 is 13.9 Å². The normalized spacial score (nSPS) is 17.7. The quantitative estimate of drug-likeness (QED) is 0.796. The zero-order valence-electron chi connectivity index (χ0n) is 12.5. The van der Waals surface area contributed by atoms with E-state index in [-0.39, 0.29) is 12.0 Å². The van der Waals surface area contributed by atoms with Gasteiger partial charge in [0.2, 0.25) is 0 Å². The number of aromatic nitrogens is 1. The van der Waals surface area contributed by atoms with Crippen LogP contribution in [0.2, 0.25) is 0 Å². The Kier molecular flexibility index (Phi) is 3.85. The van der Waals surface area contributed by atoms with E-state index in [1.54, 1.807) is 23.5 Å². The summed E-state index contributed by atoms with van der Waals surface area (Å²) in [5, 5.41) is 3.64. The smallest absolute Gasteiger partial charge is 0.287 e. The Morgan fingerprint density at radius 1 is 1.30 bits per heavy atom. The third-order valence-corrected chi connectivity index (χ3v) is 4.90. The largest absolute Gasteiger partial charge is 0.448 e. The highest BCUT2D eigenvalue weighted by atomic mass is 32.1. The monoisotopic (exact) mass is 328 g/mol. The van der Waals surface area contributed by atoms with Crippen molar-refractivity contribution >= 4 is 27.5 Å². The number of thiazole rings is 1. The van der Waals surface area contributed by atoms with Crippen LogP contribution in [-0.4, -0.2) is 30.1 Å². The molecule has 0 aliphatic carbocycles. The zero-order chi connectivity index (χ0) is 15.6. The molecule has 1 aliphatic rings. The maximum atomic E-state index is 12.1. The van der Waals surface area contributed by atoms with Crippen LogP contribution in [0.1, 0.15) is 23.4 Å². The zero-order valence-corrected chi connectivity index (χ0v) is 13.3. The first-order chi connectivity index (χ1) is 11.3. The van der Waals surface area contributed by atoms with Crippen molar-refractivity contribution in [3.05, 3.63) is 42.2 Å². The predicted molar refractivity (Wildman–Crippen MR) is 88.6 cm³/mol. The summed E-state index contributed by atoms with van der Waals surface area (Å²) in [5.74, 6) is 0.707. The van der Waals surface area contributed by atoms with Crippen LogP contribution in [0.25, 0.3) is 21.0 Å². The van der Waals surface area contributed by atoms with Crippen LogP contribution >= 0.6 is 11.3 Å². The number of ether oxygens (including phenoxy) is 1. The highest BCUT2D eigenvalue weighted by Crippen LogP contribution is 2.31. The van der Waals surface area contributed by atoms with E-state index in [0.717, 1.165) is 34.7 Å². The molecular weight excluding hydrogens is 312 g/mol. The minimum absolute atomic E-state index is 0.123. The summed E-state index contributed by atoms with van der Waals surface area (Å²) in [6.07, 6.45) is 2.18. The number of fused-ring (bicyclic) bond motifs is 1. The maximum Gasteiger partial charge on any atom is 0.287 e. The molecule has 0 spiro atoms. The number of benzene rings is 1. The van der Waals surface area contributed by atoms with Gasteiger partial charge in [-0.1, -0.05) is 12.1 Å². The minimum Gasteiger partial charge on any atom is -0.448 e. The van der Waals surface area contributed by atoms with Gasteiger partial charge in [-0.25, -0.2) is 4.98 Å². The molecule has 1 amide bonds. The summed E-state index contributed by atoms with van der Waals surface area (Å²) < 4.78 is 12.3. The number of para-hydroxylation sites is 1. The number of hydrogen-bond donors (Lipinski definition) is 1. The summed E-state index contributed by atoms with van der Waals surface area (Å²) in [4.78, 5) is 16.7. The molecular formula is C17H16N2O3S. The fraction of sp³-hybridized carbons (Fsp3) is 0.294. The van der Waals surface area contributed by atoms with Crippen LogP contribution in [-0.2, 0) is 4.74 Å². The average Bonchev–Trinajstić information content (AvgIpc) is 3.31. The van der Waals surface area contributed by atoms with Gasteiger partial charge in [0.25, 0.3) is 5.91 Å². The summed E-state index contributed by atoms with van der Waals surface area (Å²) in [6.45, 7) is 1.30. The number of carbonyl (C=O) groups excluding carboxylic acids is 1. The number of rotatable bonds is 4. The molecule has 1 saturated heterocycles. The van der Waals surface area contributed by atoms with Crippen LogP contribution in [0.15, 0.2) is 40.8 Å². The van der Waals surface area contributed by atoms with E-state index in [2.05, 4.69) is 10.3 Å². The molecule has 3 aromatic rings. The third kappa shape index (κ3) is 3.00. The third-order valence-electron chi connectivity index (χ3n) is 3.85. The Morgan fingerprint density at radius 2 is 2.22 bits per heavy atom. The van der Waals surface area contributed by atoms with Crippen molar-refractivity contribution in [3.8, 4) is 10.8 Å². The molecule has 0 saturated carbocycles. The number of nitrogens with one attached hydrogen (secondary N) is 1. The van der Waals surface area contributed by atoms with E-state index >= 15 is 0 Å². The highest BCUT2D eigenvalue weighted by molar-refractivity contribution is 7.21. The lowest BCUT2D eigenvalue weighted by Crippen LogP contribution is -2.31. The molecule has 4 rings (SSSR count). The van der Waals surface area contributed by atoms with Gasteiger partial charge < -0.3 is 14.5 Å². The lowest BCUT2D eigenvalue weighted by atomic mass is 10.2. The molecule has 1 N–H and O–H groups in total. The minimum atomic E-state index is -0.215. The molecule has 2 aromatic heterocycles. The molecule has 5 nitrogen and oxygen atoms in total. The molecule has 0 bridgehead atoms. The van der Waals surface area contributed by atoms with Gasteiger partial charge in [0.15, 0.2) is 16.5 Å². The van der Waals surface area contributed by atoms with Crippen LogP contribution < -0.4 is 5.32 Å². The van der Waals surface area contributed by atoms with Gasteiger partial charge in [-0.2, -0.15) is 0 Å². The number of hydrogen-bond acceptors (Lipinski definition) is 5. The van der Waals surface area contributed by atoms with Crippen molar-refractivity contribution in [3.63, 3.8) is 0 Å². The molecule has 1 aliphatic heterocycles. The Balaban J connectivity index is 1.48. The van der Waals surface area contributed by atoms with E-state index in [1.807, 2.05) is 24.3 Å². The van der Waals surface area contributed by atoms with Gasteiger partial charge in [0, 0.05) is 13.2 Å². The second-order valence-electron chi connectivity index (χ2n) is 5.50. The first kappa shape index (κ1) is 14.4. The Morgan fingerprint density at radius 3 is 3.04 bits per heavy atom. The summed E-state index contributed by atoms with van der Waals surface area (Å²) in [7, 11) is 0. The second kappa shape index (κ2) is 6.14. The van der Waals surface area contributed by atoms with Crippen molar-refractivity contribution in [2.24, 2.45) is 0 Å². The van der Waals surface area contributed by atoms with Crippen molar-refractivity contribution in [2.75, 3.05) is 13.2 Å². The fourth-order valence-corrected chi connectivity index (χ4v) is 3.58. The van der Waals surface area contributed by atoms with Gasteiger partial charge in [-0.15, -0.1) is 11.3 Å². The van der Waals surface area contributed by atoms with E-state index in [0.29, 0.717) is 18.1 Å². The number of carbonyl (C=O) groups is 1. The maximum absolute atomic E-state index is 12.1. The number of nitrogens with zero attached hydrogens (tertiary/aromatic N) is 1. The van der Waals surface area contributed by atoms with Gasteiger partial charge in [-0.05, 0) is 37.1 Å². The average molecular weight is 328 g/mol. The van der Waals surface area contributed by atoms with Crippen LogP contribution in [0.4, 0.5) is 0 Å². The molecule has 3 heterocycles. The van der Waals surface area contributed by atoms with Gasteiger partial charge in [0.1, 0.15) is 0 Å². The summed E-state index contributed by atoms with van der Waals surface area (Å²) >= 11 is 1.55. The lowest BCUT2D eigenvalue weighted by Gasteiger charge is -2.09. The predicted octanol–water partition coefficient (Wildman–Crippen LogP) is 3.47. The summed E-state index contributed by atoms with van der Waals surface area (Å²) in [6, 6.07) is 11.4. The first-order valence-electron chi connectivity index (χ1n) is 7.65. The van der Waals surface area contributed by atoms with E-state index in [4.69, 9.17) is 9.15 Å².